The Hall–Kier alpha value is -1.02. The normalized spacial score (nSPS) is 24.7. The Labute approximate surface area is 91.2 Å². The zero-order valence-corrected chi connectivity index (χ0v) is 9.45. The summed E-state index contributed by atoms with van der Waals surface area (Å²) in [6.45, 7) is 5.80. The van der Waals surface area contributed by atoms with Crippen LogP contribution < -0.4 is 4.74 Å². The van der Waals surface area contributed by atoms with Gasteiger partial charge in [-0.15, -0.1) is 0 Å². The highest BCUT2D eigenvalue weighted by Crippen LogP contribution is 2.30. The van der Waals surface area contributed by atoms with E-state index in [0.717, 1.165) is 25.4 Å². The molecule has 1 aromatic carbocycles. The zero-order valence-electron chi connectivity index (χ0n) is 9.45. The van der Waals surface area contributed by atoms with Gasteiger partial charge in [-0.2, -0.15) is 0 Å². The van der Waals surface area contributed by atoms with E-state index in [4.69, 9.17) is 9.47 Å². The van der Waals surface area contributed by atoms with Crippen LogP contribution in [-0.2, 0) is 11.2 Å². The van der Waals surface area contributed by atoms with E-state index in [-0.39, 0.29) is 5.60 Å². The summed E-state index contributed by atoms with van der Waals surface area (Å²) in [5.41, 5.74) is 1.40. The Morgan fingerprint density at radius 3 is 2.47 bits per heavy atom. The molecule has 1 heterocycles. The van der Waals surface area contributed by atoms with Gasteiger partial charge in [-0.05, 0) is 38.0 Å². The summed E-state index contributed by atoms with van der Waals surface area (Å²) in [5, 5.41) is 0. The average Bonchev–Trinajstić information content (AvgIpc) is 2.19. The van der Waals surface area contributed by atoms with Gasteiger partial charge in [0, 0.05) is 6.42 Å². The lowest BCUT2D eigenvalue weighted by Crippen LogP contribution is -2.42. The molecule has 1 aliphatic heterocycles. The number of benzene rings is 1. The van der Waals surface area contributed by atoms with E-state index < -0.39 is 0 Å². The second-order valence-electron chi connectivity index (χ2n) is 4.30. The third-order valence-corrected chi connectivity index (χ3v) is 2.89. The van der Waals surface area contributed by atoms with Crippen LogP contribution in [0.1, 0.15) is 25.8 Å². The third kappa shape index (κ3) is 2.51. The molecule has 15 heavy (non-hydrogen) atoms. The molecular formula is C13H18O2. The molecule has 82 valence electrons. The lowest BCUT2D eigenvalue weighted by Gasteiger charge is -2.38. The highest BCUT2D eigenvalue weighted by Gasteiger charge is 2.32. The first-order valence-electron chi connectivity index (χ1n) is 5.57. The van der Waals surface area contributed by atoms with E-state index in [1.165, 1.54) is 12.0 Å². The summed E-state index contributed by atoms with van der Waals surface area (Å²) >= 11 is 0. The van der Waals surface area contributed by atoms with Crippen LogP contribution in [0.3, 0.4) is 0 Å². The Morgan fingerprint density at radius 1 is 1.33 bits per heavy atom. The van der Waals surface area contributed by atoms with E-state index in [0.29, 0.717) is 0 Å². The summed E-state index contributed by atoms with van der Waals surface area (Å²) < 4.78 is 11.0. The molecule has 2 nitrogen and oxygen atoms in total. The van der Waals surface area contributed by atoms with Crippen molar-refractivity contribution in [2.75, 3.05) is 13.2 Å². The molecule has 0 saturated carbocycles. The van der Waals surface area contributed by atoms with Crippen LogP contribution in [0.4, 0.5) is 0 Å². The second-order valence-corrected chi connectivity index (χ2v) is 4.30. The van der Waals surface area contributed by atoms with Crippen LogP contribution in [0.5, 0.6) is 5.75 Å². The van der Waals surface area contributed by atoms with E-state index in [1.54, 1.807) is 0 Å². The standard InChI is InChI=1S/C13H18O2/c1-3-14-12-6-4-11(5-7-12)10-13(2)8-9-15-13/h4-7H,3,8-10H2,1-2H3. The van der Waals surface area contributed by atoms with Crippen molar-refractivity contribution in [1.29, 1.82) is 0 Å². The SMILES string of the molecule is CCOc1ccc(CC2(C)CCO2)cc1. The first kappa shape index (κ1) is 10.5. The molecule has 0 N–H and O–H groups in total. The van der Waals surface area contributed by atoms with Gasteiger partial charge < -0.3 is 9.47 Å². The maximum atomic E-state index is 5.57. The van der Waals surface area contributed by atoms with Crippen molar-refractivity contribution in [3.63, 3.8) is 0 Å². The van der Waals surface area contributed by atoms with Gasteiger partial charge in [0.25, 0.3) is 0 Å². The first-order chi connectivity index (χ1) is 7.22. The van der Waals surface area contributed by atoms with Gasteiger partial charge in [0.2, 0.25) is 0 Å². The van der Waals surface area contributed by atoms with Crippen molar-refractivity contribution < 1.29 is 9.47 Å². The lowest BCUT2D eigenvalue weighted by molar-refractivity contribution is -0.132. The van der Waals surface area contributed by atoms with E-state index in [2.05, 4.69) is 19.1 Å². The summed E-state index contributed by atoms with van der Waals surface area (Å²) in [6.07, 6.45) is 2.17. The number of ether oxygens (including phenoxy) is 2. The smallest absolute Gasteiger partial charge is 0.119 e. The molecule has 0 bridgehead atoms. The van der Waals surface area contributed by atoms with Crippen LogP contribution in [0.25, 0.3) is 0 Å². The number of rotatable bonds is 4. The Kier molecular flexibility index (Phi) is 2.96. The predicted molar refractivity (Wildman–Crippen MR) is 60.3 cm³/mol. The van der Waals surface area contributed by atoms with Crippen molar-refractivity contribution >= 4 is 0 Å². The van der Waals surface area contributed by atoms with Gasteiger partial charge in [0.05, 0.1) is 18.8 Å². The zero-order chi connectivity index (χ0) is 10.7. The fourth-order valence-electron chi connectivity index (χ4n) is 1.89. The van der Waals surface area contributed by atoms with Crippen molar-refractivity contribution in [1.82, 2.24) is 0 Å². The largest absolute Gasteiger partial charge is 0.494 e. The van der Waals surface area contributed by atoms with Crippen LogP contribution in [-0.4, -0.2) is 18.8 Å². The minimum Gasteiger partial charge on any atom is -0.494 e. The van der Waals surface area contributed by atoms with Gasteiger partial charge in [-0.1, -0.05) is 12.1 Å². The van der Waals surface area contributed by atoms with E-state index in [9.17, 15) is 0 Å². The number of hydrogen-bond acceptors (Lipinski definition) is 2. The molecule has 1 atom stereocenters. The van der Waals surface area contributed by atoms with Crippen molar-refractivity contribution in [3.05, 3.63) is 29.8 Å². The molecular weight excluding hydrogens is 188 g/mol. The summed E-state index contributed by atoms with van der Waals surface area (Å²) in [6, 6.07) is 8.30. The molecule has 1 fully saturated rings. The molecule has 1 unspecified atom stereocenters. The fourth-order valence-corrected chi connectivity index (χ4v) is 1.89. The van der Waals surface area contributed by atoms with Gasteiger partial charge >= 0.3 is 0 Å². The molecule has 1 aliphatic rings. The second kappa shape index (κ2) is 4.23. The summed E-state index contributed by atoms with van der Waals surface area (Å²) in [7, 11) is 0. The Morgan fingerprint density at radius 2 is 2.00 bits per heavy atom. The van der Waals surface area contributed by atoms with Gasteiger partial charge in [-0.25, -0.2) is 0 Å². The quantitative estimate of drug-likeness (QED) is 0.754. The Bertz CT molecular complexity index is 312. The maximum Gasteiger partial charge on any atom is 0.119 e. The van der Waals surface area contributed by atoms with Gasteiger partial charge in [-0.3, -0.25) is 0 Å². The highest BCUT2D eigenvalue weighted by molar-refractivity contribution is 5.28. The van der Waals surface area contributed by atoms with Crippen LogP contribution in [0.15, 0.2) is 24.3 Å². The van der Waals surface area contributed by atoms with Crippen molar-refractivity contribution in [2.45, 2.75) is 32.3 Å². The van der Waals surface area contributed by atoms with Crippen LogP contribution in [0, 0.1) is 0 Å². The predicted octanol–water partition coefficient (Wildman–Crippen LogP) is 2.81. The molecule has 2 heteroatoms. The van der Waals surface area contributed by atoms with E-state index >= 15 is 0 Å². The molecule has 0 amide bonds. The monoisotopic (exact) mass is 206 g/mol. The highest BCUT2D eigenvalue weighted by atomic mass is 16.5. The molecule has 1 saturated heterocycles. The number of hydrogen-bond donors (Lipinski definition) is 0. The average molecular weight is 206 g/mol. The molecule has 2 rings (SSSR count). The molecule has 0 aliphatic carbocycles. The molecule has 0 aromatic heterocycles. The Balaban J connectivity index is 1.97. The third-order valence-electron chi connectivity index (χ3n) is 2.89. The van der Waals surface area contributed by atoms with Crippen LogP contribution >= 0.6 is 0 Å². The van der Waals surface area contributed by atoms with Gasteiger partial charge in [0.15, 0.2) is 0 Å². The lowest BCUT2D eigenvalue weighted by atomic mass is 9.89. The molecule has 0 radical (unpaired) electrons. The molecule has 0 spiro atoms. The van der Waals surface area contributed by atoms with Gasteiger partial charge in [0.1, 0.15) is 5.75 Å². The van der Waals surface area contributed by atoms with Crippen molar-refractivity contribution in [3.8, 4) is 5.75 Å². The van der Waals surface area contributed by atoms with E-state index in [1.807, 2.05) is 19.1 Å². The first-order valence-corrected chi connectivity index (χ1v) is 5.57. The summed E-state index contributed by atoms with van der Waals surface area (Å²) in [5.74, 6) is 0.945. The minimum atomic E-state index is 0.0765. The maximum absolute atomic E-state index is 5.57. The fraction of sp³-hybridized carbons (Fsp3) is 0.538. The van der Waals surface area contributed by atoms with Crippen LogP contribution in [0.2, 0.25) is 0 Å². The van der Waals surface area contributed by atoms with Crippen molar-refractivity contribution in [2.24, 2.45) is 0 Å². The topological polar surface area (TPSA) is 18.5 Å². The molecule has 1 aromatic rings. The summed E-state index contributed by atoms with van der Waals surface area (Å²) in [4.78, 5) is 0. The minimum absolute atomic E-state index is 0.0765.